The van der Waals surface area contributed by atoms with Crippen LogP contribution in [-0.2, 0) is 0 Å². The Kier molecular flexibility index (Phi) is 4.61. The molecule has 2 rings (SSSR count). The summed E-state index contributed by atoms with van der Waals surface area (Å²) in [6, 6.07) is 6.07. The smallest absolute Gasteiger partial charge is 0.251 e. The number of carbonyl (C=O) groups excluding carboxylic acids is 1. The third-order valence-corrected chi connectivity index (χ3v) is 3.32. The molecule has 18 heavy (non-hydrogen) atoms. The van der Waals surface area contributed by atoms with Crippen LogP contribution in [0, 0.1) is 6.92 Å². The van der Waals surface area contributed by atoms with Crippen molar-refractivity contribution in [1.29, 1.82) is 0 Å². The van der Waals surface area contributed by atoms with E-state index in [9.17, 15) is 4.79 Å². The van der Waals surface area contributed by atoms with Gasteiger partial charge in [0.15, 0.2) is 0 Å². The summed E-state index contributed by atoms with van der Waals surface area (Å²) in [5.41, 5.74) is 1.62. The molecule has 1 aliphatic carbocycles. The number of hydrogen-bond acceptors (Lipinski definition) is 2. The summed E-state index contributed by atoms with van der Waals surface area (Å²) < 4.78 is 0. The van der Waals surface area contributed by atoms with E-state index in [4.69, 9.17) is 11.6 Å². The molecule has 1 aliphatic rings. The summed E-state index contributed by atoms with van der Waals surface area (Å²) in [7, 11) is 0. The maximum atomic E-state index is 11.9. The zero-order valence-corrected chi connectivity index (χ0v) is 11.4. The first-order valence-corrected chi connectivity index (χ1v) is 6.82. The van der Waals surface area contributed by atoms with Gasteiger partial charge >= 0.3 is 0 Å². The number of halogens is 1. The van der Waals surface area contributed by atoms with Crippen LogP contribution in [0.2, 0.25) is 5.02 Å². The fraction of sp³-hybridized carbons (Fsp3) is 0.500. The molecule has 3 nitrogen and oxygen atoms in total. The molecule has 2 N–H and O–H groups in total. The van der Waals surface area contributed by atoms with Crippen molar-refractivity contribution in [3.05, 3.63) is 34.3 Å². The van der Waals surface area contributed by atoms with Gasteiger partial charge in [-0.25, -0.2) is 0 Å². The van der Waals surface area contributed by atoms with E-state index in [-0.39, 0.29) is 5.91 Å². The summed E-state index contributed by atoms with van der Waals surface area (Å²) >= 11 is 5.86. The fourth-order valence-electron chi connectivity index (χ4n) is 1.86. The second-order valence-electron chi connectivity index (χ2n) is 4.80. The number of nitrogens with one attached hydrogen (secondary N) is 2. The molecular weight excluding hydrogens is 248 g/mol. The lowest BCUT2D eigenvalue weighted by Gasteiger charge is -2.08. The van der Waals surface area contributed by atoms with Gasteiger partial charge in [-0.3, -0.25) is 4.79 Å². The van der Waals surface area contributed by atoms with Crippen LogP contribution in [0.15, 0.2) is 18.2 Å². The normalized spacial score (nSPS) is 14.6. The van der Waals surface area contributed by atoms with Crippen LogP contribution in [0.5, 0.6) is 0 Å². The Morgan fingerprint density at radius 3 is 2.83 bits per heavy atom. The summed E-state index contributed by atoms with van der Waals surface area (Å²) in [6.07, 6.45) is 3.57. The number of hydrogen-bond donors (Lipinski definition) is 2. The van der Waals surface area contributed by atoms with Crippen LogP contribution in [-0.4, -0.2) is 25.0 Å². The molecule has 1 amide bonds. The Morgan fingerprint density at radius 1 is 1.39 bits per heavy atom. The SMILES string of the molecule is Cc1cc(Cl)ccc1C(=O)NCCCNC1CC1. The Bertz CT molecular complexity index is 430. The van der Waals surface area contributed by atoms with E-state index in [2.05, 4.69) is 10.6 Å². The first kappa shape index (κ1) is 13.4. The van der Waals surface area contributed by atoms with Gasteiger partial charge in [-0.05, 0) is 56.5 Å². The molecule has 1 fully saturated rings. The van der Waals surface area contributed by atoms with Gasteiger partial charge in [0.1, 0.15) is 0 Å². The highest BCUT2D eigenvalue weighted by atomic mass is 35.5. The largest absolute Gasteiger partial charge is 0.352 e. The minimum atomic E-state index is -0.0180. The molecule has 0 heterocycles. The van der Waals surface area contributed by atoms with Crippen LogP contribution in [0.3, 0.4) is 0 Å². The van der Waals surface area contributed by atoms with E-state index in [1.54, 1.807) is 12.1 Å². The lowest BCUT2D eigenvalue weighted by Crippen LogP contribution is -2.28. The summed E-state index contributed by atoms with van der Waals surface area (Å²) in [5.74, 6) is -0.0180. The van der Waals surface area contributed by atoms with Gasteiger partial charge in [0.25, 0.3) is 5.91 Å². The van der Waals surface area contributed by atoms with E-state index in [0.717, 1.165) is 24.6 Å². The molecule has 98 valence electrons. The van der Waals surface area contributed by atoms with Crippen LogP contribution >= 0.6 is 11.6 Å². The third kappa shape index (κ3) is 4.00. The van der Waals surface area contributed by atoms with Crippen molar-refractivity contribution >= 4 is 17.5 Å². The first-order valence-electron chi connectivity index (χ1n) is 6.44. The van der Waals surface area contributed by atoms with Crippen molar-refractivity contribution in [3.63, 3.8) is 0 Å². The molecule has 4 heteroatoms. The zero-order chi connectivity index (χ0) is 13.0. The monoisotopic (exact) mass is 266 g/mol. The zero-order valence-electron chi connectivity index (χ0n) is 10.6. The average Bonchev–Trinajstić information content (AvgIpc) is 3.12. The van der Waals surface area contributed by atoms with Gasteiger partial charge in [0.2, 0.25) is 0 Å². The molecule has 0 aliphatic heterocycles. The van der Waals surface area contributed by atoms with Crippen LogP contribution in [0.25, 0.3) is 0 Å². The van der Waals surface area contributed by atoms with E-state index in [0.29, 0.717) is 17.1 Å². The Labute approximate surface area is 113 Å². The van der Waals surface area contributed by atoms with E-state index >= 15 is 0 Å². The second-order valence-corrected chi connectivity index (χ2v) is 5.23. The Balaban J connectivity index is 1.72. The summed E-state index contributed by atoms with van der Waals surface area (Å²) in [6.45, 7) is 3.58. The standard InChI is InChI=1S/C14H19ClN2O/c1-10-9-11(15)3-6-13(10)14(18)17-8-2-7-16-12-4-5-12/h3,6,9,12,16H,2,4-5,7-8H2,1H3,(H,17,18). The van der Waals surface area contributed by atoms with Crippen molar-refractivity contribution < 1.29 is 4.79 Å². The summed E-state index contributed by atoms with van der Waals surface area (Å²) in [5, 5.41) is 7.02. The predicted octanol–water partition coefficient (Wildman–Crippen LogP) is 2.52. The number of carbonyl (C=O) groups is 1. The van der Waals surface area contributed by atoms with Crippen molar-refractivity contribution in [2.24, 2.45) is 0 Å². The Hall–Kier alpha value is -1.06. The van der Waals surface area contributed by atoms with Gasteiger partial charge in [-0.1, -0.05) is 11.6 Å². The second kappa shape index (κ2) is 6.21. The van der Waals surface area contributed by atoms with E-state index in [1.807, 2.05) is 13.0 Å². The Morgan fingerprint density at radius 2 is 2.17 bits per heavy atom. The van der Waals surface area contributed by atoms with Gasteiger partial charge in [0, 0.05) is 23.2 Å². The molecule has 0 aromatic heterocycles. The number of aryl methyl sites for hydroxylation is 1. The third-order valence-electron chi connectivity index (χ3n) is 3.08. The number of rotatable bonds is 6. The minimum absolute atomic E-state index is 0.0180. The van der Waals surface area contributed by atoms with Gasteiger partial charge < -0.3 is 10.6 Å². The topological polar surface area (TPSA) is 41.1 Å². The molecule has 0 atom stereocenters. The van der Waals surface area contributed by atoms with Crippen LogP contribution < -0.4 is 10.6 Å². The molecular formula is C14H19ClN2O. The van der Waals surface area contributed by atoms with Gasteiger partial charge in [-0.15, -0.1) is 0 Å². The maximum Gasteiger partial charge on any atom is 0.251 e. The van der Waals surface area contributed by atoms with Crippen molar-refractivity contribution in [3.8, 4) is 0 Å². The average molecular weight is 267 g/mol. The van der Waals surface area contributed by atoms with Crippen molar-refractivity contribution in [1.82, 2.24) is 10.6 Å². The van der Waals surface area contributed by atoms with Crippen molar-refractivity contribution in [2.45, 2.75) is 32.2 Å². The van der Waals surface area contributed by atoms with Crippen LogP contribution in [0.4, 0.5) is 0 Å². The highest BCUT2D eigenvalue weighted by molar-refractivity contribution is 6.30. The molecule has 0 saturated heterocycles. The van der Waals surface area contributed by atoms with Crippen molar-refractivity contribution in [2.75, 3.05) is 13.1 Å². The van der Waals surface area contributed by atoms with Gasteiger partial charge in [-0.2, -0.15) is 0 Å². The molecule has 0 spiro atoms. The molecule has 0 radical (unpaired) electrons. The lowest BCUT2D eigenvalue weighted by atomic mass is 10.1. The highest BCUT2D eigenvalue weighted by Crippen LogP contribution is 2.18. The highest BCUT2D eigenvalue weighted by Gasteiger charge is 2.19. The number of amides is 1. The predicted molar refractivity (Wildman–Crippen MR) is 74.2 cm³/mol. The van der Waals surface area contributed by atoms with E-state index < -0.39 is 0 Å². The molecule has 1 saturated carbocycles. The number of benzene rings is 1. The minimum Gasteiger partial charge on any atom is -0.352 e. The van der Waals surface area contributed by atoms with Gasteiger partial charge in [0.05, 0.1) is 0 Å². The first-order chi connectivity index (χ1) is 8.66. The van der Waals surface area contributed by atoms with E-state index in [1.165, 1.54) is 12.8 Å². The quantitative estimate of drug-likeness (QED) is 0.777. The maximum absolute atomic E-state index is 11.9. The molecule has 1 aromatic carbocycles. The lowest BCUT2D eigenvalue weighted by molar-refractivity contribution is 0.0952. The summed E-state index contributed by atoms with van der Waals surface area (Å²) in [4.78, 5) is 11.9. The molecule has 0 unspecified atom stereocenters. The fourth-order valence-corrected chi connectivity index (χ4v) is 2.09. The molecule has 1 aromatic rings. The van der Waals surface area contributed by atoms with Crippen LogP contribution in [0.1, 0.15) is 35.2 Å². The molecule has 0 bridgehead atoms.